The summed E-state index contributed by atoms with van der Waals surface area (Å²) in [6, 6.07) is 5.03. The molecular weight excluding hydrogens is 568 g/mol. The lowest BCUT2D eigenvalue weighted by atomic mass is 9.78. The Morgan fingerprint density at radius 3 is 2.09 bits per heavy atom. The van der Waals surface area contributed by atoms with E-state index in [9.17, 15) is 27.6 Å². The van der Waals surface area contributed by atoms with Crippen molar-refractivity contribution in [1.82, 2.24) is 15.1 Å². The van der Waals surface area contributed by atoms with E-state index in [0.717, 1.165) is 18.2 Å². The van der Waals surface area contributed by atoms with Gasteiger partial charge in [0.25, 0.3) is 5.91 Å². The molecule has 0 aromatic heterocycles. The summed E-state index contributed by atoms with van der Waals surface area (Å²) < 4.78 is 57.4. The lowest BCUT2D eigenvalue weighted by molar-refractivity contribution is -0.144. The Hall–Kier alpha value is -3.96. The number of carboxylic acid groups (broad SMARTS) is 1. The molecule has 0 aliphatic carbocycles. The zero-order valence-corrected chi connectivity index (χ0v) is 24.1. The number of alkyl halides is 1. The Morgan fingerprint density at radius 2 is 1.53 bits per heavy atom. The van der Waals surface area contributed by atoms with E-state index in [1.54, 1.807) is 9.80 Å². The number of carboxylic acids is 1. The molecule has 2 amide bonds. The average Bonchev–Trinajstić information content (AvgIpc) is 2.94. The number of carbonyl (C=O) groups is 3. The summed E-state index contributed by atoms with van der Waals surface area (Å²) in [7, 11) is 0. The molecule has 0 saturated carbocycles. The van der Waals surface area contributed by atoms with Crippen LogP contribution in [0.4, 0.5) is 17.6 Å². The number of carbonyl (C=O) groups excluding carboxylic acids is 2. The Morgan fingerprint density at radius 1 is 0.953 bits per heavy atom. The highest BCUT2D eigenvalue weighted by atomic mass is 19.1. The molecule has 8 nitrogen and oxygen atoms in total. The second-order valence-electron chi connectivity index (χ2n) is 11.9. The first-order chi connectivity index (χ1) is 20.3. The number of amidine groups is 1. The first-order valence-corrected chi connectivity index (χ1v) is 14.3. The Labute approximate surface area is 247 Å². The van der Waals surface area contributed by atoms with Gasteiger partial charge >= 0.3 is 5.97 Å². The van der Waals surface area contributed by atoms with Crippen molar-refractivity contribution in [3.05, 3.63) is 70.5 Å². The molecule has 2 fully saturated rings. The predicted molar refractivity (Wildman–Crippen MR) is 151 cm³/mol. The van der Waals surface area contributed by atoms with Crippen LogP contribution < -0.4 is 5.32 Å². The van der Waals surface area contributed by atoms with Crippen LogP contribution in [-0.2, 0) is 9.59 Å². The molecule has 2 aromatic rings. The van der Waals surface area contributed by atoms with Crippen molar-refractivity contribution in [2.24, 2.45) is 11.3 Å². The molecule has 0 spiro atoms. The largest absolute Gasteiger partial charge is 0.481 e. The fourth-order valence-electron chi connectivity index (χ4n) is 5.85. The monoisotopic (exact) mass is 604 g/mol. The van der Waals surface area contributed by atoms with Crippen LogP contribution in [-0.4, -0.2) is 70.9 Å². The highest BCUT2D eigenvalue weighted by Crippen LogP contribution is 2.38. The number of hydrogen-bond acceptors (Lipinski definition) is 4. The van der Waals surface area contributed by atoms with Crippen molar-refractivity contribution >= 4 is 23.6 Å². The summed E-state index contributed by atoms with van der Waals surface area (Å²) in [6.07, 6.45) is 0.527. The van der Waals surface area contributed by atoms with Gasteiger partial charge < -0.3 is 20.2 Å². The molecule has 0 bridgehead atoms. The number of nitrogens with zero attached hydrogens (tertiary/aromatic N) is 2. The van der Waals surface area contributed by atoms with Gasteiger partial charge in [0, 0.05) is 44.2 Å². The molecule has 12 heteroatoms. The van der Waals surface area contributed by atoms with Gasteiger partial charge in [-0.1, -0.05) is 6.07 Å². The van der Waals surface area contributed by atoms with E-state index in [2.05, 4.69) is 5.32 Å². The van der Waals surface area contributed by atoms with Crippen molar-refractivity contribution in [1.29, 1.82) is 5.41 Å². The third-order valence-corrected chi connectivity index (χ3v) is 8.36. The fraction of sp³-hybridized carbons (Fsp3) is 0.484. The molecule has 3 N–H and O–H groups in total. The summed E-state index contributed by atoms with van der Waals surface area (Å²) in [6.45, 7) is 4.24. The van der Waals surface area contributed by atoms with Gasteiger partial charge in [-0.05, 0) is 75.3 Å². The first kappa shape index (κ1) is 32.0. The van der Waals surface area contributed by atoms with Crippen LogP contribution in [0.1, 0.15) is 73.5 Å². The van der Waals surface area contributed by atoms with E-state index in [0.29, 0.717) is 32.0 Å². The molecular formula is C31H36F4N4O4. The predicted octanol–water partition coefficient (Wildman–Crippen LogP) is 5.07. The van der Waals surface area contributed by atoms with Gasteiger partial charge in [0.2, 0.25) is 5.91 Å². The first-order valence-electron chi connectivity index (χ1n) is 14.3. The number of aliphatic carboxylic acids is 1. The van der Waals surface area contributed by atoms with Crippen LogP contribution >= 0.6 is 0 Å². The van der Waals surface area contributed by atoms with Gasteiger partial charge in [-0.25, -0.2) is 17.6 Å². The van der Waals surface area contributed by atoms with Gasteiger partial charge in [-0.2, -0.15) is 0 Å². The lowest BCUT2D eigenvalue weighted by Crippen LogP contribution is -2.51. The maximum absolute atomic E-state index is 15.3. The van der Waals surface area contributed by atoms with E-state index >= 15 is 4.39 Å². The fourth-order valence-corrected chi connectivity index (χ4v) is 5.85. The molecule has 2 aliphatic heterocycles. The zero-order chi connectivity index (χ0) is 31.5. The number of likely N-dealkylation sites (tertiary alicyclic amines) is 2. The SMILES string of the molecule is CC(C)(C(=O)N1CCC(CC(=O)O)CC1)C(NC(=O)c1ccc(C(=N)N2CCC(F)CC2)cc1F)c1cc(F)cc(F)c1. The van der Waals surface area contributed by atoms with E-state index < -0.39 is 58.4 Å². The van der Waals surface area contributed by atoms with E-state index in [-0.39, 0.29) is 55.2 Å². The highest BCUT2D eigenvalue weighted by molar-refractivity contribution is 5.99. The van der Waals surface area contributed by atoms with Crippen LogP contribution in [0.5, 0.6) is 0 Å². The third kappa shape index (κ3) is 7.52. The van der Waals surface area contributed by atoms with Crippen molar-refractivity contribution in [2.45, 2.75) is 58.2 Å². The zero-order valence-electron chi connectivity index (χ0n) is 24.1. The number of rotatable bonds is 8. The number of piperidine rings is 2. The number of benzene rings is 2. The molecule has 4 rings (SSSR count). The van der Waals surface area contributed by atoms with E-state index in [1.807, 2.05) is 0 Å². The van der Waals surface area contributed by atoms with Crippen LogP contribution in [0.15, 0.2) is 36.4 Å². The minimum absolute atomic E-state index is 0.00438. The number of hydrogen-bond donors (Lipinski definition) is 3. The Kier molecular flexibility index (Phi) is 9.76. The van der Waals surface area contributed by atoms with E-state index in [1.165, 1.54) is 26.0 Å². The van der Waals surface area contributed by atoms with Gasteiger partial charge in [0.1, 0.15) is 29.5 Å². The average molecular weight is 605 g/mol. The lowest BCUT2D eigenvalue weighted by Gasteiger charge is -2.40. The molecule has 2 aromatic carbocycles. The minimum Gasteiger partial charge on any atom is -0.481 e. The van der Waals surface area contributed by atoms with Crippen molar-refractivity contribution < 1.29 is 37.1 Å². The van der Waals surface area contributed by atoms with Gasteiger partial charge in [0.15, 0.2) is 0 Å². The van der Waals surface area contributed by atoms with Crippen molar-refractivity contribution in [3.63, 3.8) is 0 Å². The maximum Gasteiger partial charge on any atom is 0.303 e. The molecule has 43 heavy (non-hydrogen) atoms. The number of nitrogens with one attached hydrogen (secondary N) is 2. The van der Waals surface area contributed by atoms with Gasteiger partial charge in [-0.3, -0.25) is 19.8 Å². The summed E-state index contributed by atoms with van der Waals surface area (Å²) in [5.74, 6) is -5.11. The van der Waals surface area contributed by atoms with Gasteiger partial charge in [-0.15, -0.1) is 0 Å². The maximum atomic E-state index is 15.3. The topological polar surface area (TPSA) is 114 Å². The quantitative estimate of drug-likeness (QED) is 0.221. The number of amides is 2. The second-order valence-corrected chi connectivity index (χ2v) is 11.9. The molecule has 0 radical (unpaired) electrons. The molecule has 1 unspecified atom stereocenters. The Bertz CT molecular complexity index is 1370. The summed E-state index contributed by atoms with van der Waals surface area (Å²) >= 11 is 0. The Balaban J connectivity index is 1.57. The normalized spacial score (nSPS) is 17.4. The summed E-state index contributed by atoms with van der Waals surface area (Å²) in [4.78, 5) is 41.4. The molecule has 232 valence electrons. The number of halogens is 4. The van der Waals surface area contributed by atoms with Crippen molar-refractivity contribution in [2.75, 3.05) is 26.2 Å². The van der Waals surface area contributed by atoms with Crippen LogP contribution in [0.3, 0.4) is 0 Å². The summed E-state index contributed by atoms with van der Waals surface area (Å²) in [5.41, 5.74) is -1.66. The van der Waals surface area contributed by atoms with Crippen LogP contribution in [0, 0.1) is 34.2 Å². The smallest absolute Gasteiger partial charge is 0.303 e. The molecule has 2 saturated heterocycles. The van der Waals surface area contributed by atoms with Crippen LogP contribution in [0.2, 0.25) is 0 Å². The van der Waals surface area contributed by atoms with E-state index in [4.69, 9.17) is 10.5 Å². The third-order valence-electron chi connectivity index (χ3n) is 8.36. The standard InChI is InChI=1S/C31H36F4N4O4/c1-31(2,30(43)39-9-5-18(6-10-39)13-26(40)41)27(20-14-22(33)17-23(34)15-20)37-29(42)24-4-3-19(16-25(24)35)28(36)38-11-7-21(32)8-12-38/h3-4,14-18,21,27,36H,5-13H2,1-2H3,(H,37,42)(H,40,41). The molecule has 2 aliphatic rings. The van der Waals surface area contributed by atoms with Crippen LogP contribution in [0.25, 0.3) is 0 Å². The molecule has 2 heterocycles. The highest BCUT2D eigenvalue weighted by Gasteiger charge is 2.43. The minimum atomic E-state index is -1.45. The second kappa shape index (κ2) is 13.1. The molecule has 1 atom stereocenters. The summed E-state index contributed by atoms with van der Waals surface area (Å²) in [5, 5.41) is 20.1. The van der Waals surface area contributed by atoms with Crippen molar-refractivity contribution in [3.8, 4) is 0 Å². The van der Waals surface area contributed by atoms with Gasteiger partial charge in [0.05, 0.1) is 17.0 Å².